The zero-order chi connectivity index (χ0) is 16.8. The number of carbonyl (C=O) groups is 1. The summed E-state index contributed by atoms with van der Waals surface area (Å²) in [6.07, 6.45) is 0. The van der Waals surface area contributed by atoms with Gasteiger partial charge in [0.05, 0.1) is 12.2 Å². The number of hydrogen-bond acceptors (Lipinski definition) is 2. The molecule has 2 N–H and O–H groups in total. The largest absolute Gasteiger partial charge is 0.491 e. The van der Waals surface area contributed by atoms with Crippen molar-refractivity contribution in [3.05, 3.63) is 57.6 Å². The average Bonchev–Trinajstić information content (AvgIpc) is 2.50. The van der Waals surface area contributed by atoms with Crippen molar-refractivity contribution in [2.75, 3.05) is 18.5 Å². The van der Waals surface area contributed by atoms with E-state index in [9.17, 15) is 4.79 Å². The Bertz CT molecular complexity index is 701. The van der Waals surface area contributed by atoms with E-state index in [-0.39, 0.29) is 6.03 Å². The fourth-order valence-electron chi connectivity index (χ4n) is 2.08. The molecule has 0 unspecified atom stereocenters. The maximum absolute atomic E-state index is 11.9. The van der Waals surface area contributed by atoms with Crippen molar-refractivity contribution in [1.29, 1.82) is 0 Å². The summed E-state index contributed by atoms with van der Waals surface area (Å²) < 4.78 is 6.57. The Kier molecular flexibility index (Phi) is 6.04. The number of nitrogens with one attached hydrogen (secondary N) is 2. The lowest BCUT2D eigenvalue weighted by Gasteiger charge is -2.12. The van der Waals surface area contributed by atoms with Gasteiger partial charge in [-0.2, -0.15) is 0 Å². The highest BCUT2D eigenvalue weighted by atomic mass is 79.9. The highest BCUT2D eigenvalue weighted by Crippen LogP contribution is 2.23. The second kappa shape index (κ2) is 8.02. The van der Waals surface area contributed by atoms with Crippen LogP contribution in [0.1, 0.15) is 16.7 Å². The molecule has 0 saturated heterocycles. The normalized spacial score (nSPS) is 10.3. The van der Waals surface area contributed by atoms with E-state index >= 15 is 0 Å². The molecule has 0 radical (unpaired) electrons. The summed E-state index contributed by atoms with van der Waals surface area (Å²) >= 11 is 3.44. The third-order valence-corrected chi connectivity index (χ3v) is 4.02. The van der Waals surface area contributed by atoms with Gasteiger partial charge in [0.2, 0.25) is 0 Å². The van der Waals surface area contributed by atoms with Crippen LogP contribution in [-0.2, 0) is 0 Å². The van der Waals surface area contributed by atoms with E-state index in [4.69, 9.17) is 4.74 Å². The molecule has 0 saturated carbocycles. The van der Waals surface area contributed by atoms with Crippen molar-refractivity contribution >= 4 is 27.6 Å². The minimum Gasteiger partial charge on any atom is -0.491 e. The SMILES string of the molecule is Cc1ccc(NC(=O)NCCOc2cc(C)ccc2C)c(Br)c1. The van der Waals surface area contributed by atoms with Gasteiger partial charge in [-0.25, -0.2) is 4.79 Å². The number of benzene rings is 2. The molecule has 2 rings (SSSR count). The van der Waals surface area contributed by atoms with Crippen molar-refractivity contribution in [2.24, 2.45) is 0 Å². The lowest BCUT2D eigenvalue weighted by Crippen LogP contribution is -2.32. The number of hydrogen-bond donors (Lipinski definition) is 2. The van der Waals surface area contributed by atoms with Crippen LogP contribution in [0.25, 0.3) is 0 Å². The summed E-state index contributed by atoms with van der Waals surface area (Å²) in [7, 11) is 0. The van der Waals surface area contributed by atoms with Gasteiger partial charge in [0.1, 0.15) is 12.4 Å². The van der Waals surface area contributed by atoms with Crippen molar-refractivity contribution in [3.63, 3.8) is 0 Å². The highest BCUT2D eigenvalue weighted by Gasteiger charge is 2.05. The van der Waals surface area contributed by atoms with Gasteiger partial charge in [-0.05, 0) is 71.6 Å². The van der Waals surface area contributed by atoms with Crippen molar-refractivity contribution in [1.82, 2.24) is 5.32 Å². The van der Waals surface area contributed by atoms with Crippen LogP contribution in [0, 0.1) is 20.8 Å². The van der Waals surface area contributed by atoms with Gasteiger partial charge in [-0.3, -0.25) is 0 Å². The summed E-state index contributed by atoms with van der Waals surface area (Å²) in [6.45, 7) is 6.88. The molecular weight excluding hydrogens is 356 g/mol. The summed E-state index contributed by atoms with van der Waals surface area (Å²) in [5.41, 5.74) is 4.11. The number of amides is 2. The van der Waals surface area contributed by atoms with Gasteiger partial charge in [0.15, 0.2) is 0 Å². The van der Waals surface area contributed by atoms with Crippen LogP contribution in [0.3, 0.4) is 0 Å². The Labute approximate surface area is 145 Å². The van der Waals surface area contributed by atoms with E-state index in [0.29, 0.717) is 13.2 Å². The summed E-state index contributed by atoms with van der Waals surface area (Å²) in [6, 6.07) is 11.6. The number of anilines is 1. The quantitative estimate of drug-likeness (QED) is 0.750. The topological polar surface area (TPSA) is 50.4 Å². The average molecular weight is 377 g/mol. The maximum Gasteiger partial charge on any atom is 0.319 e. The first-order valence-electron chi connectivity index (χ1n) is 7.47. The van der Waals surface area contributed by atoms with E-state index in [2.05, 4.69) is 26.6 Å². The smallest absolute Gasteiger partial charge is 0.319 e. The highest BCUT2D eigenvalue weighted by molar-refractivity contribution is 9.10. The first-order chi connectivity index (χ1) is 11.0. The van der Waals surface area contributed by atoms with Crippen LogP contribution in [-0.4, -0.2) is 19.2 Å². The first-order valence-corrected chi connectivity index (χ1v) is 8.26. The van der Waals surface area contributed by atoms with Crippen LogP contribution in [0.2, 0.25) is 0 Å². The predicted molar refractivity (Wildman–Crippen MR) is 97.3 cm³/mol. The molecule has 0 aliphatic carbocycles. The molecule has 0 bridgehead atoms. The zero-order valence-electron chi connectivity index (χ0n) is 13.6. The van der Waals surface area contributed by atoms with Crippen molar-refractivity contribution in [3.8, 4) is 5.75 Å². The van der Waals surface area contributed by atoms with Crippen LogP contribution >= 0.6 is 15.9 Å². The maximum atomic E-state index is 11.9. The number of carbonyl (C=O) groups excluding carboxylic acids is 1. The van der Waals surface area contributed by atoms with Crippen LogP contribution in [0.4, 0.5) is 10.5 Å². The summed E-state index contributed by atoms with van der Waals surface area (Å²) in [5, 5.41) is 5.59. The fraction of sp³-hybridized carbons (Fsp3) is 0.278. The first kappa shape index (κ1) is 17.3. The Balaban J connectivity index is 1.77. The summed E-state index contributed by atoms with van der Waals surface area (Å²) in [5.74, 6) is 0.855. The lowest BCUT2D eigenvalue weighted by atomic mass is 10.1. The van der Waals surface area contributed by atoms with Gasteiger partial charge in [0, 0.05) is 4.47 Å². The molecule has 5 heteroatoms. The van der Waals surface area contributed by atoms with Gasteiger partial charge >= 0.3 is 6.03 Å². The molecular formula is C18H21BrN2O2. The molecule has 0 aromatic heterocycles. The van der Waals surface area contributed by atoms with Gasteiger partial charge in [-0.1, -0.05) is 18.2 Å². The number of halogens is 1. The molecule has 0 fully saturated rings. The monoisotopic (exact) mass is 376 g/mol. The Morgan fingerprint density at radius 1 is 1.09 bits per heavy atom. The molecule has 0 atom stereocenters. The Hall–Kier alpha value is -2.01. The zero-order valence-corrected chi connectivity index (χ0v) is 15.2. The minimum absolute atomic E-state index is 0.251. The third kappa shape index (κ3) is 5.28. The molecule has 0 aliphatic heterocycles. The van der Waals surface area contributed by atoms with Crippen LogP contribution in [0.5, 0.6) is 5.75 Å². The second-order valence-corrected chi connectivity index (χ2v) is 6.34. The number of urea groups is 1. The number of ether oxygens (including phenoxy) is 1. The van der Waals surface area contributed by atoms with E-state index in [0.717, 1.165) is 32.6 Å². The van der Waals surface area contributed by atoms with E-state index in [1.165, 1.54) is 0 Å². The Morgan fingerprint density at radius 3 is 2.52 bits per heavy atom. The number of rotatable bonds is 5. The molecule has 2 aromatic carbocycles. The van der Waals surface area contributed by atoms with Crippen LogP contribution in [0.15, 0.2) is 40.9 Å². The van der Waals surface area contributed by atoms with Crippen molar-refractivity contribution < 1.29 is 9.53 Å². The third-order valence-electron chi connectivity index (χ3n) is 3.36. The van der Waals surface area contributed by atoms with Gasteiger partial charge in [0.25, 0.3) is 0 Å². The van der Waals surface area contributed by atoms with E-state index in [1.807, 2.05) is 57.2 Å². The lowest BCUT2D eigenvalue weighted by molar-refractivity contribution is 0.247. The van der Waals surface area contributed by atoms with Gasteiger partial charge in [-0.15, -0.1) is 0 Å². The predicted octanol–water partition coefficient (Wildman–Crippen LogP) is 4.57. The molecule has 0 spiro atoms. The molecule has 0 aliphatic rings. The van der Waals surface area contributed by atoms with Gasteiger partial charge < -0.3 is 15.4 Å². The Morgan fingerprint density at radius 2 is 1.78 bits per heavy atom. The fourth-order valence-corrected chi connectivity index (χ4v) is 2.67. The molecule has 0 heterocycles. The van der Waals surface area contributed by atoms with Crippen molar-refractivity contribution in [2.45, 2.75) is 20.8 Å². The van der Waals surface area contributed by atoms with E-state index in [1.54, 1.807) is 0 Å². The number of aryl methyl sites for hydroxylation is 3. The molecule has 4 nitrogen and oxygen atoms in total. The van der Waals surface area contributed by atoms with E-state index < -0.39 is 0 Å². The minimum atomic E-state index is -0.251. The summed E-state index contributed by atoms with van der Waals surface area (Å²) in [4.78, 5) is 11.9. The molecule has 2 amide bonds. The molecule has 122 valence electrons. The second-order valence-electron chi connectivity index (χ2n) is 5.48. The standard InChI is InChI=1S/C18H21BrN2O2/c1-12-5-7-16(15(19)10-12)21-18(22)20-8-9-23-17-11-13(2)4-6-14(17)3/h4-7,10-11H,8-9H2,1-3H3,(H2,20,21,22). The molecule has 2 aromatic rings. The van der Waals surface area contributed by atoms with Crippen LogP contribution < -0.4 is 15.4 Å². The molecule has 23 heavy (non-hydrogen) atoms.